The van der Waals surface area contributed by atoms with Crippen molar-refractivity contribution in [2.24, 2.45) is 4.99 Å². The van der Waals surface area contributed by atoms with Crippen LogP contribution in [-0.2, 0) is 16.0 Å². The molecule has 168 valence electrons. The van der Waals surface area contributed by atoms with Crippen LogP contribution in [0, 0.1) is 5.82 Å². The van der Waals surface area contributed by atoms with E-state index in [2.05, 4.69) is 33.1 Å². The Balaban J connectivity index is 1.56. The molecule has 1 aliphatic rings. The molecule has 5 nitrogen and oxygen atoms in total. The van der Waals surface area contributed by atoms with Crippen molar-refractivity contribution in [3.05, 3.63) is 99.4 Å². The minimum Gasteiger partial charge on any atom is -0.490 e. The summed E-state index contributed by atoms with van der Waals surface area (Å²) in [6.45, 7) is 2.82. The molecular weight excluding hydrogens is 489 g/mol. The van der Waals surface area contributed by atoms with E-state index in [0.29, 0.717) is 40.3 Å². The van der Waals surface area contributed by atoms with Crippen molar-refractivity contribution < 1.29 is 23.4 Å². The van der Waals surface area contributed by atoms with Crippen molar-refractivity contribution >= 4 is 33.9 Å². The summed E-state index contributed by atoms with van der Waals surface area (Å²) in [6.07, 6.45) is 2.35. The molecular formula is C26H21BrFNO4. The number of hydrogen-bond acceptors (Lipinski definition) is 5. The molecule has 0 aromatic heterocycles. The molecule has 0 aliphatic carbocycles. The van der Waals surface area contributed by atoms with Crippen molar-refractivity contribution in [2.75, 3.05) is 13.2 Å². The van der Waals surface area contributed by atoms with Gasteiger partial charge in [-0.15, -0.1) is 0 Å². The van der Waals surface area contributed by atoms with E-state index in [1.54, 1.807) is 18.2 Å². The van der Waals surface area contributed by atoms with Crippen LogP contribution in [0.3, 0.4) is 0 Å². The lowest BCUT2D eigenvalue weighted by atomic mass is 10.1. The number of aliphatic imine (C=N–C) groups is 1. The van der Waals surface area contributed by atoms with Crippen molar-refractivity contribution in [1.82, 2.24) is 0 Å². The number of carbonyl (C=O) groups is 1. The van der Waals surface area contributed by atoms with Crippen LogP contribution in [0.1, 0.15) is 23.6 Å². The standard InChI is InChI=1S/C26H21BrFNO4/c1-2-31-23-15-18(13-21(27)24(23)32-12-11-17-7-4-3-5-8-17)14-22-26(30)33-25(29-22)19-9-6-10-20(28)16-19/h3-10,13-16H,2,11-12H2,1H3/b22-14-. The molecule has 33 heavy (non-hydrogen) atoms. The molecule has 0 saturated heterocycles. The number of ether oxygens (including phenoxy) is 3. The predicted octanol–water partition coefficient (Wildman–Crippen LogP) is 5.95. The number of esters is 1. The van der Waals surface area contributed by atoms with Gasteiger partial charge < -0.3 is 14.2 Å². The smallest absolute Gasteiger partial charge is 0.363 e. The molecule has 0 bridgehead atoms. The van der Waals surface area contributed by atoms with Crippen LogP contribution in [0.25, 0.3) is 6.08 Å². The van der Waals surface area contributed by atoms with Gasteiger partial charge in [-0.1, -0.05) is 36.4 Å². The van der Waals surface area contributed by atoms with Crippen molar-refractivity contribution in [1.29, 1.82) is 0 Å². The van der Waals surface area contributed by atoms with E-state index in [4.69, 9.17) is 14.2 Å². The van der Waals surface area contributed by atoms with Gasteiger partial charge in [0, 0.05) is 12.0 Å². The Morgan fingerprint density at radius 2 is 1.88 bits per heavy atom. The summed E-state index contributed by atoms with van der Waals surface area (Å²) < 4.78 is 31.2. The molecule has 7 heteroatoms. The fourth-order valence-corrected chi connectivity index (χ4v) is 3.88. The first-order valence-corrected chi connectivity index (χ1v) is 11.2. The zero-order valence-corrected chi connectivity index (χ0v) is 19.5. The lowest BCUT2D eigenvalue weighted by molar-refractivity contribution is -0.129. The zero-order valence-electron chi connectivity index (χ0n) is 17.9. The summed E-state index contributed by atoms with van der Waals surface area (Å²) >= 11 is 3.55. The molecule has 0 amide bonds. The maximum absolute atomic E-state index is 13.5. The van der Waals surface area contributed by atoms with Gasteiger partial charge in [-0.05, 0) is 70.4 Å². The van der Waals surface area contributed by atoms with E-state index in [1.807, 2.05) is 31.2 Å². The lowest BCUT2D eigenvalue weighted by Crippen LogP contribution is -2.05. The first kappa shape index (κ1) is 22.7. The van der Waals surface area contributed by atoms with Gasteiger partial charge in [0.2, 0.25) is 5.90 Å². The quantitative estimate of drug-likeness (QED) is 0.278. The number of hydrogen-bond donors (Lipinski definition) is 0. The van der Waals surface area contributed by atoms with Gasteiger partial charge >= 0.3 is 5.97 Å². The van der Waals surface area contributed by atoms with Gasteiger partial charge in [0.15, 0.2) is 17.2 Å². The van der Waals surface area contributed by atoms with E-state index in [-0.39, 0.29) is 11.6 Å². The summed E-state index contributed by atoms with van der Waals surface area (Å²) in [5, 5.41) is 0. The highest BCUT2D eigenvalue weighted by Crippen LogP contribution is 2.38. The fraction of sp³-hybridized carbons (Fsp3) is 0.154. The highest BCUT2D eigenvalue weighted by molar-refractivity contribution is 9.10. The maximum Gasteiger partial charge on any atom is 0.363 e. The third-order valence-corrected chi connectivity index (χ3v) is 5.40. The SMILES string of the molecule is CCOc1cc(/C=C2\N=C(c3cccc(F)c3)OC2=O)cc(Br)c1OCCc1ccccc1. The predicted molar refractivity (Wildman–Crippen MR) is 128 cm³/mol. The number of carbonyl (C=O) groups excluding carboxylic acids is 1. The molecule has 0 spiro atoms. The van der Waals surface area contributed by atoms with Crippen LogP contribution >= 0.6 is 15.9 Å². The second-order valence-corrected chi connectivity index (χ2v) is 8.05. The van der Waals surface area contributed by atoms with Crippen molar-refractivity contribution in [2.45, 2.75) is 13.3 Å². The van der Waals surface area contributed by atoms with Crippen LogP contribution in [0.4, 0.5) is 4.39 Å². The Kier molecular flexibility index (Phi) is 7.19. The molecule has 0 unspecified atom stereocenters. The molecule has 4 rings (SSSR count). The van der Waals surface area contributed by atoms with E-state index < -0.39 is 11.8 Å². The zero-order chi connectivity index (χ0) is 23.2. The summed E-state index contributed by atoms with van der Waals surface area (Å²) in [5.74, 6) is 0.166. The minimum atomic E-state index is -0.605. The van der Waals surface area contributed by atoms with Gasteiger partial charge in [-0.2, -0.15) is 0 Å². The Morgan fingerprint density at radius 3 is 2.64 bits per heavy atom. The topological polar surface area (TPSA) is 57.1 Å². The van der Waals surface area contributed by atoms with E-state index >= 15 is 0 Å². The first-order chi connectivity index (χ1) is 16.0. The number of cyclic esters (lactones) is 1. The fourth-order valence-electron chi connectivity index (χ4n) is 3.30. The second-order valence-electron chi connectivity index (χ2n) is 7.19. The molecule has 3 aromatic rings. The van der Waals surface area contributed by atoms with Gasteiger partial charge in [-0.3, -0.25) is 0 Å². The number of halogens is 2. The Bertz CT molecular complexity index is 1220. The monoisotopic (exact) mass is 509 g/mol. The van der Waals surface area contributed by atoms with E-state index in [9.17, 15) is 9.18 Å². The molecule has 1 aliphatic heterocycles. The summed E-state index contributed by atoms with van der Waals surface area (Å²) in [7, 11) is 0. The summed E-state index contributed by atoms with van der Waals surface area (Å²) in [5.41, 5.74) is 2.36. The van der Waals surface area contributed by atoms with Crippen LogP contribution in [0.5, 0.6) is 11.5 Å². The van der Waals surface area contributed by atoms with Gasteiger partial charge in [0.25, 0.3) is 0 Å². The van der Waals surface area contributed by atoms with Crippen LogP contribution < -0.4 is 9.47 Å². The Hall–Kier alpha value is -3.45. The average molecular weight is 510 g/mol. The normalized spacial score (nSPS) is 14.2. The van der Waals surface area contributed by atoms with Crippen LogP contribution in [-0.4, -0.2) is 25.1 Å². The van der Waals surface area contributed by atoms with Gasteiger partial charge in [0.1, 0.15) is 5.82 Å². The molecule has 1 heterocycles. The van der Waals surface area contributed by atoms with Crippen molar-refractivity contribution in [3.8, 4) is 11.5 Å². The number of rotatable bonds is 8. The second kappa shape index (κ2) is 10.4. The van der Waals surface area contributed by atoms with E-state index in [0.717, 1.165) is 6.42 Å². The molecule has 0 radical (unpaired) electrons. The number of nitrogens with zero attached hydrogens (tertiary/aromatic N) is 1. The molecule has 0 atom stereocenters. The number of benzene rings is 3. The Labute approximate surface area is 199 Å². The van der Waals surface area contributed by atoms with E-state index in [1.165, 1.54) is 23.8 Å². The largest absolute Gasteiger partial charge is 0.490 e. The third kappa shape index (κ3) is 5.68. The van der Waals surface area contributed by atoms with Crippen LogP contribution in [0.15, 0.2) is 81.9 Å². The molecule has 3 aromatic carbocycles. The Morgan fingerprint density at radius 1 is 1.06 bits per heavy atom. The van der Waals surface area contributed by atoms with Crippen LogP contribution in [0.2, 0.25) is 0 Å². The summed E-state index contributed by atoms with van der Waals surface area (Å²) in [4.78, 5) is 16.6. The minimum absolute atomic E-state index is 0.0655. The van der Waals surface area contributed by atoms with Gasteiger partial charge in [-0.25, -0.2) is 14.2 Å². The molecule has 0 fully saturated rings. The third-order valence-electron chi connectivity index (χ3n) is 4.81. The summed E-state index contributed by atoms with van der Waals surface area (Å²) in [6, 6.07) is 19.4. The van der Waals surface area contributed by atoms with Crippen molar-refractivity contribution in [3.63, 3.8) is 0 Å². The highest BCUT2D eigenvalue weighted by atomic mass is 79.9. The molecule has 0 saturated carbocycles. The van der Waals surface area contributed by atoms with Gasteiger partial charge in [0.05, 0.1) is 17.7 Å². The highest BCUT2D eigenvalue weighted by Gasteiger charge is 2.25. The maximum atomic E-state index is 13.5. The first-order valence-electron chi connectivity index (χ1n) is 10.4. The average Bonchev–Trinajstić information content (AvgIpc) is 3.17. The molecule has 0 N–H and O–H groups in total. The lowest BCUT2D eigenvalue weighted by Gasteiger charge is -2.15.